The van der Waals surface area contributed by atoms with Crippen LogP contribution in [0.15, 0.2) is 12.2 Å². The molecule has 12 heavy (non-hydrogen) atoms. The number of allylic oxidation sites excluding steroid dienone is 1. The van der Waals surface area contributed by atoms with Gasteiger partial charge in [-0.15, -0.1) is 0 Å². The van der Waals surface area contributed by atoms with E-state index in [1.54, 1.807) is 0 Å². The Morgan fingerprint density at radius 3 is 2.58 bits per heavy atom. The Labute approximate surface area is 86.6 Å². The molecule has 0 aliphatic rings. The SMILES string of the molecule is CCCC(I)CCCC=C(F)F. The van der Waals surface area contributed by atoms with Gasteiger partial charge in [-0.3, -0.25) is 0 Å². The van der Waals surface area contributed by atoms with Gasteiger partial charge in [-0.1, -0.05) is 35.9 Å². The van der Waals surface area contributed by atoms with E-state index in [-0.39, 0.29) is 0 Å². The van der Waals surface area contributed by atoms with Crippen LogP contribution in [-0.4, -0.2) is 3.92 Å². The Morgan fingerprint density at radius 2 is 2.08 bits per heavy atom. The van der Waals surface area contributed by atoms with Gasteiger partial charge in [0.15, 0.2) is 0 Å². The molecule has 0 fully saturated rings. The average Bonchev–Trinajstić information content (AvgIpc) is 1.98. The first-order chi connectivity index (χ1) is 5.66. The highest BCUT2D eigenvalue weighted by Crippen LogP contribution is 2.16. The smallest absolute Gasteiger partial charge is 0.174 e. The van der Waals surface area contributed by atoms with Crippen molar-refractivity contribution in [1.29, 1.82) is 0 Å². The van der Waals surface area contributed by atoms with E-state index in [9.17, 15) is 8.78 Å². The van der Waals surface area contributed by atoms with Gasteiger partial charge in [0.25, 0.3) is 6.08 Å². The highest BCUT2D eigenvalue weighted by atomic mass is 127. The van der Waals surface area contributed by atoms with Gasteiger partial charge in [0.2, 0.25) is 0 Å². The number of alkyl halides is 1. The van der Waals surface area contributed by atoms with Crippen molar-refractivity contribution in [2.24, 2.45) is 0 Å². The Morgan fingerprint density at radius 1 is 1.42 bits per heavy atom. The summed E-state index contributed by atoms with van der Waals surface area (Å²) in [6.07, 6.45) is 4.29. The summed E-state index contributed by atoms with van der Waals surface area (Å²) in [7, 11) is 0. The molecule has 0 aliphatic heterocycles. The molecule has 0 aromatic heterocycles. The molecule has 0 saturated carbocycles. The molecular formula is C9H15F2I. The minimum absolute atomic E-state index is 0.519. The van der Waals surface area contributed by atoms with Crippen molar-refractivity contribution < 1.29 is 8.78 Å². The highest BCUT2D eigenvalue weighted by Gasteiger charge is 2.00. The third kappa shape index (κ3) is 8.43. The van der Waals surface area contributed by atoms with Crippen molar-refractivity contribution in [3.8, 4) is 0 Å². The lowest BCUT2D eigenvalue weighted by Crippen LogP contribution is -1.95. The quantitative estimate of drug-likeness (QED) is 0.382. The predicted molar refractivity (Wildman–Crippen MR) is 56.9 cm³/mol. The lowest BCUT2D eigenvalue weighted by atomic mass is 10.1. The minimum Gasteiger partial charge on any atom is -0.174 e. The van der Waals surface area contributed by atoms with Gasteiger partial charge in [-0.05, 0) is 31.8 Å². The molecule has 0 aliphatic carbocycles. The molecule has 0 bridgehead atoms. The van der Waals surface area contributed by atoms with Crippen LogP contribution in [-0.2, 0) is 0 Å². The lowest BCUT2D eigenvalue weighted by Gasteiger charge is -2.05. The van der Waals surface area contributed by atoms with E-state index in [1.807, 2.05) is 0 Å². The maximum atomic E-state index is 11.6. The fraction of sp³-hybridized carbons (Fsp3) is 0.778. The van der Waals surface area contributed by atoms with Gasteiger partial charge >= 0.3 is 0 Å². The molecule has 0 rings (SSSR count). The predicted octanol–water partition coefficient (Wildman–Crippen LogP) is 4.54. The molecule has 0 aromatic rings. The third-order valence-corrected chi connectivity index (χ3v) is 2.87. The molecule has 1 atom stereocenters. The molecule has 3 heteroatoms. The van der Waals surface area contributed by atoms with E-state index in [0.717, 1.165) is 18.9 Å². The second-order valence-corrected chi connectivity index (χ2v) is 4.57. The van der Waals surface area contributed by atoms with E-state index in [4.69, 9.17) is 0 Å². The number of hydrogen-bond acceptors (Lipinski definition) is 0. The van der Waals surface area contributed by atoms with E-state index in [1.165, 1.54) is 12.8 Å². The maximum Gasteiger partial charge on any atom is 0.266 e. The van der Waals surface area contributed by atoms with E-state index < -0.39 is 6.08 Å². The molecular weight excluding hydrogens is 273 g/mol. The molecule has 0 aromatic carbocycles. The molecule has 1 unspecified atom stereocenters. The number of halogens is 3. The lowest BCUT2D eigenvalue weighted by molar-refractivity contribution is 0.416. The largest absolute Gasteiger partial charge is 0.266 e. The van der Waals surface area contributed by atoms with Gasteiger partial charge < -0.3 is 0 Å². The molecule has 0 N–H and O–H groups in total. The molecule has 0 spiro atoms. The first kappa shape index (κ1) is 12.3. The van der Waals surface area contributed by atoms with Gasteiger partial charge in [-0.25, -0.2) is 0 Å². The van der Waals surface area contributed by atoms with Crippen molar-refractivity contribution in [1.82, 2.24) is 0 Å². The average molecular weight is 288 g/mol. The summed E-state index contributed by atoms with van der Waals surface area (Å²) in [5, 5.41) is 0. The monoisotopic (exact) mass is 288 g/mol. The first-order valence-electron chi connectivity index (χ1n) is 4.32. The zero-order chi connectivity index (χ0) is 9.40. The van der Waals surface area contributed by atoms with Crippen LogP contribution in [0.25, 0.3) is 0 Å². The maximum absolute atomic E-state index is 11.6. The van der Waals surface area contributed by atoms with Crippen molar-refractivity contribution in [2.45, 2.75) is 43.0 Å². The second kappa shape index (κ2) is 7.95. The van der Waals surface area contributed by atoms with Crippen LogP contribution < -0.4 is 0 Å². The van der Waals surface area contributed by atoms with Crippen LogP contribution in [0.4, 0.5) is 8.78 Å². The van der Waals surface area contributed by atoms with Crippen LogP contribution >= 0.6 is 22.6 Å². The summed E-state index contributed by atoms with van der Waals surface area (Å²) in [6.45, 7) is 2.15. The minimum atomic E-state index is -1.55. The van der Waals surface area contributed by atoms with Crippen LogP contribution in [0.3, 0.4) is 0 Å². The van der Waals surface area contributed by atoms with Gasteiger partial charge in [0.05, 0.1) is 0 Å². The fourth-order valence-electron chi connectivity index (χ4n) is 1.01. The Hall–Kier alpha value is 0.330. The van der Waals surface area contributed by atoms with Crippen molar-refractivity contribution in [3.05, 3.63) is 12.2 Å². The normalized spacial score (nSPS) is 12.7. The molecule has 0 saturated heterocycles. The first-order valence-corrected chi connectivity index (χ1v) is 5.56. The molecule has 0 heterocycles. The van der Waals surface area contributed by atoms with Crippen LogP contribution in [0.2, 0.25) is 0 Å². The van der Waals surface area contributed by atoms with Crippen LogP contribution in [0.1, 0.15) is 39.0 Å². The number of hydrogen-bond donors (Lipinski definition) is 0. The molecule has 72 valence electrons. The number of rotatable bonds is 6. The standard InChI is InChI=1S/C9H15F2I/c1-2-5-8(12)6-3-4-7-9(10)11/h7-8H,2-6H2,1H3. The fourth-order valence-corrected chi connectivity index (χ4v) is 2.07. The Kier molecular flexibility index (Phi) is 8.17. The van der Waals surface area contributed by atoms with E-state index >= 15 is 0 Å². The second-order valence-electron chi connectivity index (χ2n) is 2.81. The zero-order valence-electron chi connectivity index (χ0n) is 7.32. The van der Waals surface area contributed by atoms with Crippen LogP contribution in [0.5, 0.6) is 0 Å². The molecule has 0 radical (unpaired) electrons. The number of unbranched alkanes of at least 4 members (excludes halogenated alkanes) is 1. The van der Waals surface area contributed by atoms with Crippen LogP contribution in [0, 0.1) is 0 Å². The van der Waals surface area contributed by atoms with Gasteiger partial charge in [0.1, 0.15) is 0 Å². The summed E-state index contributed by atoms with van der Waals surface area (Å²) in [4.78, 5) is 0. The summed E-state index contributed by atoms with van der Waals surface area (Å²) in [5.41, 5.74) is 0. The highest BCUT2D eigenvalue weighted by molar-refractivity contribution is 14.1. The van der Waals surface area contributed by atoms with E-state index in [0.29, 0.717) is 10.3 Å². The topological polar surface area (TPSA) is 0 Å². The Bertz CT molecular complexity index is 130. The summed E-state index contributed by atoms with van der Waals surface area (Å²) in [5.74, 6) is 0. The summed E-state index contributed by atoms with van der Waals surface area (Å²) in [6, 6.07) is 0. The Balaban J connectivity index is 3.25. The van der Waals surface area contributed by atoms with Crippen molar-refractivity contribution in [3.63, 3.8) is 0 Å². The zero-order valence-corrected chi connectivity index (χ0v) is 9.48. The summed E-state index contributed by atoms with van der Waals surface area (Å²) >= 11 is 2.39. The summed E-state index contributed by atoms with van der Waals surface area (Å²) < 4.78 is 23.8. The van der Waals surface area contributed by atoms with Gasteiger partial charge in [-0.2, -0.15) is 8.78 Å². The van der Waals surface area contributed by atoms with Gasteiger partial charge in [0, 0.05) is 3.92 Å². The van der Waals surface area contributed by atoms with Crippen molar-refractivity contribution >= 4 is 22.6 Å². The van der Waals surface area contributed by atoms with E-state index in [2.05, 4.69) is 29.5 Å². The van der Waals surface area contributed by atoms with Crippen molar-refractivity contribution in [2.75, 3.05) is 0 Å². The molecule has 0 amide bonds. The third-order valence-electron chi connectivity index (χ3n) is 1.62. The molecule has 0 nitrogen and oxygen atoms in total.